The zero-order valence-corrected chi connectivity index (χ0v) is 39.2. The van der Waals surface area contributed by atoms with Gasteiger partial charge in [-0.05, 0) is 53.4 Å². The largest absolute Gasteiger partial charge is 0.412 e. The first-order valence-electron chi connectivity index (χ1n) is 19.0. The molecule has 4 unspecified atom stereocenters. The van der Waals surface area contributed by atoms with Crippen molar-refractivity contribution < 1.29 is 35.4 Å². The Bertz CT molecular complexity index is 794. The van der Waals surface area contributed by atoms with Crippen LogP contribution in [-0.2, 0) is 35.4 Å². The predicted octanol–water partition coefficient (Wildman–Crippen LogP) is 10.5. The van der Waals surface area contributed by atoms with Gasteiger partial charge in [-0.25, -0.2) is 0 Å². The van der Waals surface area contributed by atoms with Crippen LogP contribution in [0.3, 0.4) is 0 Å². The molecule has 4 atom stereocenters. The average Bonchev–Trinajstić information content (AvgIpc) is 2.93. The number of ether oxygens (including phenoxy) is 4. The summed E-state index contributed by atoms with van der Waals surface area (Å²) < 4.78 is 59.8. The molecule has 1 rings (SSSR count). The van der Waals surface area contributed by atoms with Crippen molar-refractivity contribution in [2.45, 2.75) is 207 Å². The van der Waals surface area contributed by atoms with E-state index in [1.165, 1.54) is 0 Å². The minimum Gasteiger partial charge on any atom is -0.412 e. The van der Waals surface area contributed by atoms with Crippen LogP contribution < -0.4 is 0 Å². The molecule has 0 aromatic heterocycles. The third-order valence-electron chi connectivity index (χ3n) is 9.82. The van der Waals surface area contributed by atoms with Gasteiger partial charge in [-0.15, -0.1) is 0 Å². The summed E-state index contributed by atoms with van der Waals surface area (Å²) in [6, 6.07) is 0. The van der Waals surface area contributed by atoms with Crippen molar-refractivity contribution in [3.8, 4) is 0 Å². The van der Waals surface area contributed by atoms with Crippen molar-refractivity contribution in [1.82, 2.24) is 0 Å². The van der Waals surface area contributed by atoms with Gasteiger partial charge >= 0.3 is 34.2 Å². The summed E-state index contributed by atoms with van der Waals surface area (Å²) in [7, 11) is -14.0. The van der Waals surface area contributed by atoms with Crippen molar-refractivity contribution in [1.29, 1.82) is 0 Å². The summed E-state index contributed by atoms with van der Waals surface area (Å²) >= 11 is 0. The SMILES string of the molecule is CCCOC(C)[Si]1(C(C)(C)C)O[Si](C(C)OCCC)(C(C)(C)C)O[Si](C(C)OCCC)(C(C)(C)C)O[Si](C(C)OCCC)(C(C)(C)C)O1. The highest BCUT2D eigenvalue weighted by molar-refractivity contribution is 6.98. The quantitative estimate of drug-likeness (QED) is 0.144. The topological polar surface area (TPSA) is 73.8 Å². The van der Waals surface area contributed by atoms with E-state index in [9.17, 15) is 0 Å². The average molecular weight is 753 g/mol. The third kappa shape index (κ3) is 9.55. The van der Waals surface area contributed by atoms with Gasteiger partial charge in [0.15, 0.2) is 0 Å². The monoisotopic (exact) mass is 752 g/mol. The molecule has 0 saturated carbocycles. The summed E-state index contributed by atoms with van der Waals surface area (Å²) in [6.45, 7) is 46.8. The van der Waals surface area contributed by atoms with E-state index in [-0.39, 0.29) is 22.9 Å². The second-order valence-corrected chi connectivity index (χ2v) is 36.0. The van der Waals surface area contributed by atoms with E-state index in [1.807, 2.05) is 0 Å². The smallest absolute Gasteiger partial charge is 0.355 e. The van der Waals surface area contributed by atoms with Crippen LogP contribution in [0.5, 0.6) is 0 Å². The molecule has 0 aromatic carbocycles. The maximum absolute atomic E-state index is 8.19. The zero-order chi connectivity index (χ0) is 37.6. The molecule has 1 saturated heterocycles. The molecule has 0 bridgehead atoms. The lowest BCUT2D eigenvalue weighted by Crippen LogP contribution is -2.84. The van der Waals surface area contributed by atoms with Gasteiger partial charge < -0.3 is 35.4 Å². The van der Waals surface area contributed by atoms with Gasteiger partial charge in [0, 0.05) is 46.6 Å². The van der Waals surface area contributed by atoms with Crippen molar-refractivity contribution in [3.05, 3.63) is 0 Å². The van der Waals surface area contributed by atoms with E-state index in [1.54, 1.807) is 0 Å². The highest BCUT2D eigenvalue weighted by atomic mass is 28.5. The van der Waals surface area contributed by atoms with Crippen LogP contribution >= 0.6 is 0 Å². The van der Waals surface area contributed by atoms with Gasteiger partial charge in [0.2, 0.25) is 0 Å². The Balaban J connectivity index is 4.70. The van der Waals surface area contributed by atoms with Crippen LogP contribution in [0.4, 0.5) is 0 Å². The zero-order valence-electron chi connectivity index (χ0n) is 35.2. The Kier molecular flexibility index (Phi) is 17.1. The van der Waals surface area contributed by atoms with Gasteiger partial charge in [0.05, 0.1) is 22.9 Å². The van der Waals surface area contributed by atoms with Gasteiger partial charge in [-0.1, -0.05) is 111 Å². The third-order valence-corrected chi connectivity index (χ3v) is 32.8. The van der Waals surface area contributed by atoms with Gasteiger partial charge in [-0.3, -0.25) is 0 Å². The Morgan fingerprint density at radius 1 is 0.354 bits per heavy atom. The van der Waals surface area contributed by atoms with Crippen LogP contribution in [0.2, 0.25) is 20.2 Å². The Morgan fingerprint density at radius 2 is 0.500 bits per heavy atom. The molecule has 0 amide bonds. The lowest BCUT2D eigenvalue weighted by atomic mass is 10.2. The van der Waals surface area contributed by atoms with E-state index in [0.717, 1.165) is 25.7 Å². The maximum atomic E-state index is 8.19. The molecule has 0 aliphatic carbocycles. The predicted molar refractivity (Wildman–Crippen MR) is 209 cm³/mol. The van der Waals surface area contributed by atoms with E-state index in [2.05, 4.69) is 138 Å². The van der Waals surface area contributed by atoms with Gasteiger partial charge in [-0.2, -0.15) is 0 Å². The molecule has 12 heteroatoms. The van der Waals surface area contributed by atoms with Crippen molar-refractivity contribution >= 4 is 34.2 Å². The minimum absolute atomic E-state index is 0.317. The number of rotatable bonds is 16. The molecule has 1 fully saturated rings. The molecule has 1 aliphatic heterocycles. The van der Waals surface area contributed by atoms with Crippen LogP contribution in [0.25, 0.3) is 0 Å². The Labute approximate surface area is 302 Å². The molecular formula is C36H80O8Si4. The maximum Gasteiger partial charge on any atom is 0.355 e. The summed E-state index contributed by atoms with van der Waals surface area (Å²) in [4.78, 5) is 0. The first kappa shape index (κ1) is 46.6. The van der Waals surface area contributed by atoms with E-state index >= 15 is 0 Å². The standard InChI is InChI=1S/C36H80O8Si4/c1-21-25-37-29(5)45(33(9,10)11)41-46(34(12,13)14,30(6)38-26-22-2)43-48(36(18,19)20,32(8)40-28-24-4)44-47(42-45,35(15,16)17)31(7)39-27-23-3/h29-32H,21-28H2,1-20H3. The van der Waals surface area contributed by atoms with Crippen molar-refractivity contribution in [2.24, 2.45) is 0 Å². The highest BCUT2D eigenvalue weighted by Gasteiger charge is 2.77. The molecule has 288 valence electrons. The second-order valence-electron chi connectivity index (χ2n) is 18.1. The van der Waals surface area contributed by atoms with Crippen LogP contribution in [0.15, 0.2) is 0 Å². The molecule has 0 aromatic rings. The summed E-state index contributed by atoms with van der Waals surface area (Å²) in [5.74, 6) is 0. The lowest BCUT2D eigenvalue weighted by molar-refractivity contribution is 0.0108. The van der Waals surface area contributed by atoms with Crippen molar-refractivity contribution in [2.75, 3.05) is 26.4 Å². The second kappa shape index (κ2) is 17.6. The number of hydrogen-bond acceptors (Lipinski definition) is 8. The lowest BCUT2D eigenvalue weighted by Gasteiger charge is -2.65. The first-order valence-corrected chi connectivity index (χ1v) is 26.6. The molecule has 48 heavy (non-hydrogen) atoms. The molecule has 0 spiro atoms. The van der Waals surface area contributed by atoms with Crippen molar-refractivity contribution in [3.63, 3.8) is 0 Å². The van der Waals surface area contributed by atoms with Gasteiger partial charge in [0.1, 0.15) is 0 Å². The summed E-state index contributed by atoms with van der Waals surface area (Å²) in [5, 5.41) is -1.71. The Hall–Kier alpha value is 0.548. The van der Waals surface area contributed by atoms with Crippen LogP contribution in [-0.4, -0.2) is 83.6 Å². The molecule has 1 aliphatic rings. The van der Waals surface area contributed by atoms with Gasteiger partial charge in [0.25, 0.3) is 0 Å². The summed E-state index contributed by atoms with van der Waals surface area (Å²) in [5.41, 5.74) is -1.27. The molecule has 0 N–H and O–H groups in total. The fourth-order valence-electron chi connectivity index (χ4n) is 6.93. The number of hydrogen-bond donors (Lipinski definition) is 0. The van der Waals surface area contributed by atoms with Crippen LogP contribution in [0, 0.1) is 0 Å². The highest BCUT2D eigenvalue weighted by Crippen LogP contribution is 2.59. The molecule has 1 heterocycles. The fraction of sp³-hybridized carbons (Fsp3) is 1.00. The summed E-state index contributed by atoms with van der Waals surface area (Å²) in [6.07, 6.45) is 3.59. The normalized spacial score (nSPS) is 30.8. The minimum atomic E-state index is -3.51. The van der Waals surface area contributed by atoms with E-state index in [0.29, 0.717) is 26.4 Å². The van der Waals surface area contributed by atoms with E-state index < -0.39 is 54.4 Å². The fourth-order valence-corrected chi connectivity index (χ4v) is 37.6. The Morgan fingerprint density at radius 3 is 0.604 bits per heavy atom. The molecular weight excluding hydrogens is 673 g/mol. The van der Waals surface area contributed by atoms with E-state index in [4.69, 9.17) is 35.4 Å². The molecule has 8 nitrogen and oxygen atoms in total. The molecule has 0 radical (unpaired) electrons. The van der Waals surface area contributed by atoms with Crippen LogP contribution in [0.1, 0.15) is 164 Å². The first-order chi connectivity index (χ1) is 21.8.